The summed E-state index contributed by atoms with van der Waals surface area (Å²) in [6, 6.07) is 6.24. The van der Waals surface area contributed by atoms with Gasteiger partial charge in [-0.1, -0.05) is 19.1 Å². The summed E-state index contributed by atoms with van der Waals surface area (Å²) in [5.74, 6) is 1.19. The van der Waals surface area contributed by atoms with E-state index in [1.807, 2.05) is 26.8 Å². The molecule has 0 radical (unpaired) electrons. The Hall–Kier alpha value is -1.35. The number of carbonyl (C=O) groups excluding carboxylic acids is 1. The fraction of sp³-hybridized carbons (Fsp3) is 0.588. The first-order valence-corrected chi connectivity index (χ1v) is 7.51. The molecule has 1 aliphatic rings. The highest BCUT2D eigenvalue weighted by molar-refractivity contribution is 5.87. The molecule has 110 valence electrons. The van der Waals surface area contributed by atoms with E-state index in [-0.39, 0.29) is 5.78 Å². The van der Waals surface area contributed by atoms with Gasteiger partial charge in [-0.3, -0.25) is 4.79 Å². The molecule has 0 N–H and O–H groups in total. The maximum atomic E-state index is 12.3. The first kappa shape index (κ1) is 15.0. The van der Waals surface area contributed by atoms with E-state index in [0.717, 1.165) is 31.6 Å². The summed E-state index contributed by atoms with van der Waals surface area (Å²) in [6.07, 6.45) is 3.00. The highest BCUT2D eigenvalue weighted by Gasteiger charge is 2.30. The lowest BCUT2D eigenvalue weighted by Crippen LogP contribution is -2.38. The molecular weight excluding hydrogens is 252 g/mol. The number of ether oxygens (including phenoxy) is 2. The van der Waals surface area contributed by atoms with Crippen molar-refractivity contribution < 1.29 is 14.3 Å². The van der Waals surface area contributed by atoms with E-state index >= 15 is 0 Å². The lowest BCUT2D eigenvalue weighted by atomic mass is 9.92. The van der Waals surface area contributed by atoms with Crippen molar-refractivity contribution in [1.29, 1.82) is 0 Å². The molecule has 1 atom stereocenters. The quantitative estimate of drug-likeness (QED) is 0.766. The molecule has 3 nitrogen and oxygen atoms in total. The van der Waals surface area contributed by atoms with Crippen molar-refractivity contribution >= 4 is 5.78 Å². The number of rotatable bonds is 7. The first-order valence-electron chi connectivity index (χ1n) is 7.51. The summed E-state index contributed by atoms with van der Waals surface area (Å²) < 4.78 is 11.1. The maximum Gasteiger partial charge on any atom is 0.164 e. The Morgan fingerprint density at radius 1 is 1.40 bits per heavy atom. The van der Waals surface area contributed by atoms with Gasteiger partial charge in [-0.25, -0.2) is 0 Å². The Morgan fingerprint density at radius 3 is 2.90 bits per heavy atom. The van der Waals surface area contributed by atoms with Crippen LogP contribution in [0.1, 0.15) is 44.7 Å². The van der Waals surface area contributed by atoms with Gasteiger partial charge >= 0.3 is 0 Å². The fourth-order valence-corrected chi connectivity index (χ4v) is 2.62. The van der Waals surface area contributed by atoms with E-state index in [2.05, 4.69) is 12.1 Å². The molecule has 1 unspecified atom stereocenters. The molecule has 0 amide bonds. The van der Waals surface area contributed by atoms with Gasteiger partial charge in [-0.2, -0.15) is 0 Å². The second-order valence-corrected chi connectivity index (χ2v) is 5.48. The predicted molar refractivity (Wildman–Crippen MR) is 79.3 cm³/mol. The van der Waals surface area contributed by atoms with E-state index in [1.165, 1.54) is 11.1 Å². The molecule has 0 saturated carbocycles. The lowest BCUT2D eigenvalue weighted by molar-refractivity contribution is -0.142. The Labute approximate surface area is 121 Å². The van der Waals surface area contributed by atoms with E-state index in [0.29, 0.717) is 13.0 Å². The van der Waals surface area contributed by atoms with Crippen LogP contribution in [0.5, 0.6) is 5.75 Å². The van der Waals surface area contributed by atoms with Gasteiger partial charge in [0.05, 0.1) is 6.61 Å². The Kier molecular flexibility index (Phi) is 4.81. The van der Waals surface area contributed by atoms with Gasteiger partial charge in [-0.15, -0.1) is 0 Å². The highest BCUT2D eigenvalue weighted by Crippen LogP contribution is 2.27. The minimum atomic E-state index is -0.630. The maximum absolute atomic E-state index is 12.3. The number of benzene rings is 1. The number of hydrogen-bond acceptors (Lipinski definition) is 3. The van der Waals surface area contributed by atoms with Crippen LogP contribution in [0.3, 0.4) is 0 Å². The third kappa shape index (κ3) is 3.21. The van der Waals surface area contributed by atoms with Gasteiger partial charge in [0, 0.05) is 19.4 Å². The SMILES string of the molecule is CCOC(C)(CC)C(=O)CCc1ccc2c(c1)CCO2. The molecule has 3 heteroatoms. The zero-order chi connectivity index (χ0) is 14.6. The zero-order valence-corrected chi connectivity index (χ0v) is 12.7. The molecule has 1 aromatic carbocycles. The molecule has 2 rings (SSSR count). The molecule has 0 spiro atoms. The van der Waals surface area contributed by atoms with Gasteiger partial charge in [0.15, 0.2) is 5.78 Å². The van der Waals surface area contributed by atoms with E-state index < -0.39 is 5.60 Å². The van der Waals surface area contributed by atoms with Crippen LogP contribution in [-0.2, 0) is 22.4 Å². The standard InChI is InChI=1S/C17H24O3/c1-4-17(3,20-5-2)16(18)9-7-13-6-8-15-14(12-13)10-11-19-15/h6,8,12H,4-5,7,9-11H2,1-3H3. The topological polar surface area (TPSA) is 35.5 Å². The van der Waals surface area contributed by atoms with Crippen molar-refractivity contribution in [3.05, 3.63) is 29.3 Å². The molecule has 0 bridgehead atoms. The molecule has 1 aromatic rings. The lowest BCUT2D eigenvalue weighted by Gasteiger charge is -2.26. The van der Waals surface area contributed by atoms with E-state index in [9.17, 15) is 4.79 Å². The van der Waals surface area contributed by atoms with Crippen molar-refractivity contribution in [3.63, 3.8) is 0 Å². The van der Waals surface area contributed by atoms with Crippen molar-refractivity contribution in [2.75, 3.05) is 13.2 Å². The van der Waals surface area contributed by atoms with Crippen LogP contribution in [0.15, 0.2) is 18.2 Å². The Morgan fingerprint density at radius 2 is 2.20 bits per heavy atom. The summed E-state index contributed by atoms with van der Waals surface area (Å²) in [6.45, 7) is 7.18. The van der Waals surface area contributed by atoms with Gasteiger partial charge in [-0.05, 0) is 43.9 Å². The number of Topliss-reactive ketones (excluding diaryl/α,β-unsaturated/α-hetero) is 1. The summed E-state index contributed by atoms with van der Waals surface area (Å²) >= 11 is 0. The molecule has 0 fully saturated rings. The van der Waals surface area contributed by atoms with E-state index in [4.69, 9.17) is 9.47 Å². The zero-order valence-electron chi connectivity index (χ0n) is 12.7. The van der Waals surface area contributed by atoms with Crippen molar-refractivity contribution in [2.24, 2.45) is 0 Å². The Bertz CT molecular complexity index is 481. The van der Waals surface area contributed by atoms with Gasteiger partial charge in [0.1, 0.15) is 11.4 Å². The van der Waals surface area contributed by atoms with E-state index in [1.54, 1.807) is 0 Å². The molecule has 0 aromatic heterocycles. The van der Waals surface area contributed by atoms with Crippen molar-refractivity contribution in [1.82, 2.24) is 0 Å². The number of hydrogen-bond donors (Lipinski definition) is 0. The third-order valence-electron chi connectivity index (χ3n) is 4.12. The molecule has 20 heavy (non-hydrogen) atoms. The van der Waals surface area contributed by atoms with Crippen molar-refractivity contribution in [3.8, 4) is 5.75 Å². The van der Waals surface area contributed by atoms with Crippen LogP contribution < -0.4 is 4.74 Å². The fourth-order valence-electron chi connectivity index (χ4n) is 2.62. The smallest absolute Gasteiger partial charge is 0.164 e. The van der Waals surface area contributed by atoms with Crippen molar-refractivity contribution in [2.45, 2.75) is 52.1 Å². The summed E-state index contributed by atoms with van der Waals surface area (Å²) in [5.41, 5.74) is 1.84. The average molecular weight is 276 g/mol. The van der Waals surface area contributed by atoms with Crippen LogP contribution >= 0.6 is 0 Å². The summed E-state index contributed by atoms with van der Waals surface area (Å²) in [5, 5.41) is 0. The number of carbonyl (C=O) groups is 1. The minimum absolute atomic E-state index is 0.193. The van der Waals surface area contributed by atoms with Crippen LogP contribution in [-0.4, -0.2) is 24.6 Å². The molecular formula is C17H24O3. The first-order chi connectivity index (χ1) is 9.59. The molecule has 1 heterocycles. The number of aryl methyl sites for hydroxylation is 1. The van der Waals surface area contributed by atoms with Crippen LogP contribution in [0, 0.1) is 0 Å². The monoisotopic (exact) mass is 276 g/mol. The summed E-state index contributed by atoms with van der Waals surface area (Å²) in [4.78, 5) is 12.3. The number of fused-ring (bicyclic) bond motifs is 1. The average Bonchev–Trinajstić information content (AvgIpc) is 2.92. The molecule has 0 aliphatic carbocycles. The normalized spacial score (nSPS) is 16.4. The molecule has 0 saturated heterocycles. The van der Waals surface area contributed by atoms with Crippen LogP contribution in [0.4, 0.5) is 0 Å². The predicted octanol–water partition coefficient (Wildman–Crippen LogP) is 3.33. The Balaban J connectivity index is 1.96. The van der Waals surface area contributed by atoms with Gasteiger partial charge < -0.3 is 9.47 Å². The largest absolute Gasteiger partial charge is 0.493 e. The third-order valence-corrected chi connectivity index (χ3v) is 4.12. The second kappa shape index (κ2) is 6.40. The molecule has 1 aliphatic heterocycles. The van der Waals surface area contributed by atoms with Crippen LogP contribution in [0.2, 0.25) is 0 Å². The van der Waals surface area contributed by atoms with Gasteiger partial charge in [0.25, 0.3) is 0 Å². The van der Waals surface area contributed by atoms with Gasteiger partial charge in [0.2, 0.25) is 0 Å². The minimum Gasteiger partial charge on any atom is -0.493 e. The summed E-state index contributed by atoms with van der Waals surface area (Å²) in [7, 11) is 0. The van der Waals surface area contributed by atoms with Crippen LogP contribution in [0.25, 0.3) is 0 Å². The number of ketones is 1. The highest BCUT2D eigenvalue weighted by atomic mass is 16.5. The second-order valence-electron chi connectivity index (χ2n) is 5.48.